The van der Waals surface area contributed by atoms with E-state index < -0.39 is 0 Å². The van der Waals surface area contributed by atoms with Gasteiger partial charge in [-0.2, -0.15) is 0 Å². The smallest absolute Gasteiger partial charge is 0.149 e. The molecule has 4 heteroatoms. The first kappa shape index (κ1) is 8.13. The first-order valence-corrected chi connectivity index (χ1v) is 4.20. The molecule has 0 bridgehead atoms. The van der Waals surface area contributed by atoms with Crippen LogP contribution in [0.1, 0.15) is 0 Å². The van der Waals surface area contributed by atoms with Gasteiger partial charge in [-0.1, -0.05) is 23.7 Å². The number of H-pyrrole nitrogens is 1. The largest absolute Gasteiger partial charge is 0.382 e. The maximum Gasteiger partial charge on any atom is 0.149 e. The number of nitrogens with zero attached hydrogens (tertiary/aromatic N) is 1. The summed E-state index contributed by atoms with van der Waals surface area (Å²) in [6, 6.07) is 7.46. The molecule has 0 unspecified atom stereocenters. The average Bonchev–Trinajstić information content (AvgIpc) is 2.51. The van der Waals surface area contributed by atoms with Crippen molar-refractivity contribution in [1.29, 1.82) is 0 Å². The highest BCUT2D eigenvalue weighted by Gasteiger charge is 2.03. The van der Waals surface area contributed by atoms with Gasteiger partial charge in [0.15, 0.2) is 0 Å². The minimum absolute atomic E-state index is 0.488. The van der Waals surface area contributed by atoms with Gasteiger partial charge in [0.05, 0.1) is 12.0 Å². The number of nitrogen functional groups attached to an aromatic ring is 1. The van der Waals surface area contributed by atoms with Gasteiger partial charge in [-0.15, -0.1) is 0 Å². The molecule has 66 valence electrons. The van der Waals surface area contributed by atoms with Crippen LogP contribution in [-0.4, -0.2) is 9.97 Å². The molecular formula is C9H8ClN3. The highest BCUT2D eigenvalue weighted by atomic mass is 35.5. The monoisotopic (exact) mass is 193 g/mol. The summed E-state index contributed by atoms with van der Waals surface area (Å²) >= 11 is 5.84. The van der Waals surface area contributed by atoms with Crippen LogP contribution < -0.4 is 5.73 Å². The molecular weight excluding hydrogens is 186 g/mol. The van der Waals surface area contributed by atoms with E-state index in [1.54, 1.807) is 6.33 Å². The molecule has 0 spiro atoms. The van der Waals surface area contributed by atoms with Gasteiger partial charge in [-0.3, -0.25) is 0 Å². The number of hydrogen-bond acceptors (Lipinski definition) is 2. The van der Waals surface area contributed by atoms with E-state index in [-0.39, 0.29) is 0 Å². The number of aromatic amines is 1. The van der Waals surface area contributed by atoms with E-state index in [1.807, 2.05) is 24.3 Å². The topological polar surface area (TPSA) is 54.7 Å². The van der Waals surface area contributed by atoms with Gasteiger partial charge >= 0.3 is 0 Å². The van der Waals surface area contributed by atoms with Gasteiger partial charge in [0.25, 0.3) is 0 Å². The van der Waals surface area contributed by atoms with Gasteiger partial charge in [0.1, 0.15) is 5.82 Å². The Morgan fingerprint density at radius 2 is 2.23 bits per heavy atom. The number of hydrogen-bond donors (Lipinski definition) is 2. The molecule has 1 aromatic heterocycles. The fourth-order valence-corrected chi connectivity index (χ4v) is 1.37. The Balaban J connectivity index is 2.53. The summed E-state index contributed by atoms with van der Waals surface area (Å²) in [6.45, 7) is 0. The molecule has 2 rings (SSSR count). The fraction of sp³-hybridized carbons (Fsp3) is 0. The molecule has 0 aliphatic rings. The van der Waals surface area contributed by atoms with E-state index in [4.69, 9.17) is 17.3 Å². The zero-order valence-corrected chi connectivity index (χ0v) is 7.55. The average molecular weight is 194 g/mol. The predicted molar refractivity (Wildman–Crippen MR) is 53.4 cm³/mol. The molecule has 2 aromatic rings. The van der Waals surface area contributed by atoms with Gasteiger partial charge in [0, 0.05) is 10.6 Å². The van der Waals surface area contributed by atoms with Gasteiger partial charge in [0.2, 0.25) is 0 Å². The zero-order chi connectivity index (χ0) is 9.26. The van der Waals surface area contributed by atoms with Crippen molar-refractivity contribution in [3.05, 3.63) is 35.6 Å². The Hall–Kier alpha value is -1.48. The highest BCUT2D eigenvalue weighted by Crippen LogP contribution is 2.24. The maximum absolute atomic E-state index is 5.84. The number of anilines is 1. The van der Waals surface area contributed by atoms with E-state index in [1.165, 1.54) is 0 Å². The Labute approximate surface area is 80.6 Å². The van der Waals surface area contributed by atoms with Crippen LogP contribution in [0.4, 0.5) is 5.82 Å². The lowest BCUT2D eigenvalue weighted by Crippen LogP contribution is -1.87. The summed E-state index contributed by atoms with van der Waals surface area (Å²) in [5.41, 5.74) is 7.39. The maximum atomic E-state index is 5.84. The van der Waals surface area contributed by atoms with Crippen molar-refractivity contribution >= 4 is 17.4 Å². The van der Waals surface area contributed by atoms with Crippen LogP contribution in [0, 0.1) is 0 Å². The third-order valence-electron chi connectivity index (χ3n) is 1.78. The van der Waals surface area contributed by atoms with E-state index in [0.29, 0.717) is 10.8 Å². The van der Waals surface area contributed by atoms with Crippen LogP contribution >= 0.6 is 11.6 Å². The molecule has 0 amide bonds. The number of nitrogens with one attached hydrogen (secondary N) is 1. The molecule has 0 aliphatic heterocycles. The van der Waals surface area contributed by atoms with E-state index in [9.17, 15) is 0 Å². The van der Waals surface area contributed by atoms with Crippen LogP contribution in [0.15, 0.2) is 30.6 Å². The van der Waals surface area contributed by atoms with Crippen LogP contribution in [-0.2, 0) is 0 Å². The van der Waals surface area contributed by atoms with E-state index >= 15 is 0 Å². The molecule has 0 saturated heterocycles. The second-order valence-electron chi connectivity index (χ2n) is 2.67. The second kappa shape index (κ2) is 3.11. The molecule has 1 heterocycles. The van der Waals surface area contributed by atoms with Crippen LogP contribution in [0.5, 0.6) is 0 Å². The minimum Gasteiger partial charge on any atom is -0.382 e. The fourth-order valence-electron chi connectivity index (χ4n) is 1.18. The molecule has 0 fully saturated rings. The van der Waals surface area contributed by atoms with Crippen LogP contribution in [0.3, 0.4) is 0 Å². The van der Waals surface area contributed by atoms with Gasteiger partial charge in [-0.05, 0) is 12.1 Å². The summed E-state index contributed by atoms with van der Waals surface area (Å²) in [6.07, 6.45) is 1.56. The number of benzene rings is 1. The SMILES string of the molecule is Nc1nc[nH]c1-c1cccc(Cl)c1. The van der Waals surface area contributed by atoms with Crippen molar-refractivity contribution in [2.75, 3.05) is 5.73 Å². The molecule has 0 radical (unpaired) electrons. The molecule has 0 aliphatic carbocycles. The Bertz CT molecular complexity index is 422. The zero-order valence-electron chi connectivity index (χ0n) is 6.79. The third kappa shape index (κ3) is 1.51. The standard InChI is InChI=1S/C9H8ClN3/c10-7-3-1-2-6(4-7)8-9(11)13-5-12-8/h1-5H,11H2,(H,12,13). The third-order valence-corrected chi connectivity index (χ3v) is 2.02. The van der Waals surface area contributed by atoms with Crippen molar-refractivity contribution < 1.29 is 0 Å². The molecule has 1 aromatic carbocycles. The number of halogens is 1. The Morgan fingerprint density at radius 3 is 2.85 bits per heavy atom. The summed E-state index contributed by atoms with van der Waals surface area (Å²) in [5, 5.41) is 0.687. The summed E-state index contributed by atoms with van der Waals surface area (Å²) in [4.78, 5) is 6.86. The quantitative estimate of drug-likeness (QED) is 0.730. The van der Waals surface area contributed by atoms with E-state index in [0.717, 1.165) is 11.3 Å². The van der Waals surface area contributed by atoms with Crippen molar-refractivity contribution in [2.24, 2.45) is 0 Å². The predicted octanol–water partition coefficient (Wildman–Crippen LogP) is 2.31. The summed E-state index contributed by atoms with van der Waals surface area (Å²) in [7, 11) is 0. The summed E-state index contributed by atoms with van der Waals surface area (Å²) < 4.78 is 0. The number of imidazole rings is 1. The van der Waals surface area contributed by atoms with Crippen molar-refractivity contribution in [1.82, 2.24) is 9.97 Å². The molecule has 13 heavy (non-hydrogen) atoms. The lowest BCUT2D eigenvalue weighted by Gasteiger charge is -1.98. The number of aromatic nitrogens is 2. The first-order chi connectivity index (χ1) is 6.27. The van der Waals surface area contributed by atoms with Crippen molar-refractivity contribution in [3.63, 3.8) is 0 Å². The highest BCUT2D eigenvalue weighted by molar-refractivity contribution is 6.30. The second-order valence-corrected chi connectivity index (χ2v) is 3.11. The van der Waals surface area contributed by atoms with Gasteiger partial charge in [-0.25, -0.2) is 4.98 Å². The molecule has 0 saturated carbocycles. The van der Waals surface area contributed by atoms with Crippen molar-refractivity contribution in [3.8, 4) is 11.3 Å². The summed E-state index contributed by atoms with van der Waals surface area (Å²) in [5.74, 6) is 0.488. The number of rotatable bonds is 1. The Kier molecular flexibility index (Phi) is 1.94. The van der Waals surface area contributed by atoms with Crippen molar-refractivity contribution in [2.45, 2.75) is 0 Å². The molecule has 3 N–H and O–H groups in total. The van der Waals surface area contributed by atoms with Gasteiger partial charge < -0.3 is 10.7 Å². The molecule has 0 atom stereocenters. The van der Waals surface area contributed by atoms with Crippen LogP contribution in [0.2, 0.25) is 5.02 Å². The first-order valence-electron chi connectivity index (χ1n) is 3.82. The Morgan fingerprint density at radius 1 is 1.38 bits per heavy atom. The molecule has 3 nitrogen and oxygen atoms in total. The lowest BCUT2D eigenvalue weighted by atomic mass is 10.1. The van der Waals surface area contributed by atoms with E-state index in [2.05, 4.69) is 9.97 Å². The van der Waals surface area contributed by atoms with Crippen LogP contribution in [0.25, 0.3) is 11.3 Å². The normalized spacial score (nSPS) is 10.2. The number of nitrogens with two attached hydrogens (primary N) is 1. The minimum atomic E-state index is 0.488. The lowest BCUT2D eigenvalue weighted by molar-refractivity contribution is 1.32.